The summed E-state index contributed by atoms with van der Waals surface area (Å²) >= 11 is 0. The summed E-state index contributed by atoms with van der Waals surface area (Å²) in [4.78, 5) is 24.0. The molecule has 1 atom stereocenters. The number of carbonyl (C=O) groups is 2. The van der Waals surface area contributed by atoms with Crippen LogP contribution in [0, 0.1) is 0 Å². The van der Waals surface area contributed by atoms with Crippen LogP contribution < -0.4 is 14.8 Å². The minimum Gasteiger partial charge on any atom is -0.497 e. The Kier molecular flexibility index (Phi) is 5.94. The van der Waals surface area contributed by atoms with Crippen molar-refractivity contribution in [3.63, 3.8) is 0 Å². The molecule has 1 N–H and O–H groups in total. The first-order valence-electron chi connectivity index (χ1n) is 9.16. The number of amides is 1. The number of ether oxygens (including phenoxy) is 2. The van der Waals surface area contributed by atoms with E-state index in [2.05, 4.69) is 5.32 Å². The highest BCUT2D eigenvalue weighted by atomic mass is 16.5. The number of carbonyl (C=O) groups excluding carboxylic acids is 2. The summed E-state index contributed by atoms with van der Waals surface area (Å²) < 4.78 is 10.7. The van der Waals surface area contributed by atoms with Crippen LogP contribution in [0.15, 0.2) is 60.7 Å². The Morgan fingerprint density at radius 3 is 2.36 bits per heavy atom. The summed E-state index contributed by atoms with van der Waals surface area (Å²) in [6.45, 7) is 3.17. The Bertz CT molecular complexity index is 995. The number of methoxy groups -OCH3 is 1. The Hall–Kier alpha value is -3.34. The lowest BCUT2D eigenvalue weighted by molar-refractivity contribution is -0.131. The van der Waals surface area contributed by atoms with Gasteiger partial charge in [-0.2, -0.15) is 0 Å². The van der Waals surface area contributed by atoms with Crippen LogP contribution in [-0.4, -0.2) is 19.0 Å². The lowest BCUT2D eigenvalue weighted by Crippen LogP contribution is -2.29. The van der Waals surface area contributed by atoms with Crippen LogP contribution in [0.3, 0.4) is 0 Å². The normalized spacial score (nSPS) is 11.7. The number of fused-ring (bicyclic) bond motifs is 1. The molecule has 0 fully saturated rings. The molecule has 0 aliphatic carbocycles. The summed E-state index contributed by atoms with van der Waals surface area (Å²) in [5.74, 6) is 0.653. The molecule has 3 aromatic rings. The van der Waals surface area contributed by atoms with Crippen molar-refractivity contribution in [1.29, 1.82) is 0 Å². The Balaban J connectivity index is 2.23. The first kappa shape index (κ1) is 19.4. The Morgan fingerprint density at radius 2 is 1.71 bits per heavy atom. The van der Waals surface area contributed by atoms with Gasteiger partial charge in [-0.05, 0) is 34.5 Å². The van der Waals surface area contributed by atoms with Crippen molar-refractivity contribution in [2.75, 3.05) is 7.11 Å². The largest absolute Gasteiger partial charge is 0.497 e. The van der Waals surface area contributed by atoms with Gasteiger partial charge in [0.2, 0.25) is 5.91 Å². The molecule has 3 rings (SSSR count). The van der Waals surface area contributed by atoms with E-state index in [1.165, 1.54) is 6.92 Å². The van der Waals surface area contributed by atoms with Crippen molar-refractivity contribution in [1.82, 2.24) is 5.32 Å². The molecule has 0 spiro atoms. The molecule has 0 heterocycles. The molecule has 0 unspecified atom stereocenters. The number of esters is 1. The fourth-order valence-corrected chi connectivity index (χ4v) is 3.20. The van der Waals surface area contributed by atoms with Crippen molar-refractivity contribution in [2.45, 2.75) is 26.3 Å². The summed E-state index contributed by atoms with van der Waals surface area (Å²) in [6.07, 6.45) is 0.348. The Morgan fingerprint density at radius 1 is 1.00 bits per heavy atom. The molecule has 0 saturated carbocycles. The molecule has 1 amide bonds. The van der Waals surface area contributed by atoms with Gasteiger partial charge in [-0.15, -0.1) is 0 Å². The topological polar surface area (TPSA) is 64.6 Å². The van der Waals surface area contributed by atoms with Crippen LogP contribution in [0.4, 0.5) is 0 Å². The van der Waals surface area contributed by atoms with Gasteiger partial charge in [-0.25, -0.2) is 0 Å². The molecule has 5 nitrogen and oxygen atoms in total. The van der Waals surface area contributed by atoms with Gasteiger partial charge in [-0.3, -0.25) is 9.59 Å². The van der Waals surface area contributed by atoms with Crippen molar-refractivity contribution < 1.29 is 19.1 Å². The first-order valence-corrected chi connectivity index (χ1v) is 9.16. The first-order chi connectivity index (χ1) is 13.5. The smallest absolute Gasteiger partial charge is 0.308 e. The highest BCUT2D eigenvalue weighted by molar-refractivity contribution is 5.90. The van der Waals surface area contributed by atoms with Crippen molar-refractivity contribution in [2.24, 2.45) is 0 Å². The van der Waals surface area contributed by atoms with Gasteiger partial charge in [0.05, 0.1) is 13.2 Å². The number of hydrogen-bond acceptors (Lipinski definition) is 4. The molecular weight excluding hydrogens is 354 g/mol. The van der Waals surface area contributed by atoms with E-state index in [4.69, 9.17) is 9.47 Å². The third kappa shape index (κ3) is 4.14. The van der Waals surface area contributed by atoms with Crippen LogP contribution in [0.1, 0.15) is 37.4 Å². The number of hydrogen-bond donors (Lipinski definition) is 1. The zero-order valence-corrected chi connectivity index (χ0v) is 16.2. The van der Waals surface area contributed by atoms with Crippen LogP contribution in [0.25, 0.3) is 10.8 Å². The molecule has 0 bridgehead atoms. The molecule has 144 valence electrons. The van der Waals surface area contributed by atoms with Crippen molar-refractivity contribution in [3.8, 4) is 11.5 Å². The minimum atomic E-state index is -0.473. The highest BCUT2D eigenvalue weighted by Gasteiger charge is 2.23. The predicted octanol–water partition coefficient (Wildman–Crippen LogP) is 4.39. The Labute approximate surface area is 164 Å². The minimum absolute atomic E-state index is 0.0949. The molecule has 3 aromatic carbocycles. The van der Waals surface area contributed by atoms with E-state index in [1.54, 1.807) is 20.1 Å². The third-order valence-electron chi connectivity index (χ3n) is 4.55. The van der Waals surface area contributed by atoms with Gasteiger partial charge in [0.25, 0.3) is 0 Å². The van der Waals surface area contributed by atoms with E-state index in [9.17, 15) is 9.59 Å². The molecule has 0 radical (unpaired) electrons. The second-order valence-corrected chi connectivity index (χ2v) is 6.42. The van der Waals surface area contributed by atoms with Crippen molar-refractivity contribution in [3.05, 3.63) is 71.8 Å². The lowest BCUT2D eigenvalue weighted by atomic mass is 9.92. The fraction of sp³-hybridized carbons (Fsp3) is 0.217. The summed E-state index contributed by atoms with van der Waals surface area (Å²) in [7, 11) is 1.61. The van der Waals surface area contributed by atoms with Gasteiger partial charge in [0, 0.05) is 18.9 Å². The van der Waals surface area contributed by atoms with E-state index in [0.29, 0.717) is 12.2 Å². The number of rotatable bonds is 6. The maximum absolute atomic E-state index is 12.3. The van der Waals surface area contributed by atoms with Gasteiger partial charge in [0.15, 0.2) is 0 Å². The van der Waals surface area contributed by atoms with Crippen LogP contribution in [-0.2, 0) is 9.59 Å². The van der Waals surface area contributed by atoms with E-state index in [0.717, 1.165) is 27.6 Å². The van der Waals surface area contributed by atoms with Gasteiger partial charge in [-0.1, -0.05) is 49.4 Å². The second-order valence-electron chi connectivity index (χ2n) is 6.42. The van der Waals surface area contributed by atoms with Gasteiger partial charge in [0.1, 0.15) is 11.5 Å². The molecule has 0 saturated heterocycles. The SMILES string of the molecule is CCC(=O)N[C@H](c1ccc(OC)cc1)c1c(OC(C)=O)ccc2ccccc12. The molecule has 5 heteroatoms. The monoisotopic (exact) mass is 377 g/mol. The zero-order chi connectivity index (χ0) is 20.1. The standard InChI is InChI=1S/C23H23NO4/c1-4-21(26)24-23(17-9-12-18(27-3)13-10-17)22-19-8-6-5-7-16(19)11-14-20(22)28-15(2)25/h5-14,23H,4H2,1-3H3,(H,24,26)/t23-/m1/s1. The van der Waals surface area contributed by atoms with E-state index in [-0.39, 0.29) is 5.91 Å². The summed E-state index contributed by atoms with van der Waals surface area (Å²) in [5, 5.41) is 4.98. The summed E-state index contributed by atoms with van der Waals surface area (Å²) in [5.41, 5.74) is 1.62. The van der Waals surface area contributed by atoms with Crippen LogP contribution in [0.5, 0.6) is 11.5 Å². The second kappa shape index (κ2) is 8.57. The van der Waals surface area contributed by atoms with E-state index < -0.39 is 12.0 Å². The average molecular weight is 377 g/mol. The average Bonchev–Trinajstić information content (AvgIpc) is 2.71. The summed E-state index contributed by atoms with van der Waals surface area (Å²) in [6, 6.07) is 18.5. The fourth-order valence-electron chi connectivity index (χ4n) is 3.20. The van der Waals surface area contributed by atoms with E-state index in [1.807, 2.05) is 54.6 Å². The molecule has 28 heavy (non-hydrogen) atoms. The third-order valence-corrected chi connectivity index (χ3v) is 4.55. The van der Waals surface area contributed by atoms with Crippen LogP contribution in [0.2, 0.25) is 0 Å². The predicted molar refractivity (Wildman–Crippen MR) is 109 cm³/mol. The maximum atomic E-state index is 12.3. The highest BCUT2D eigenvalue weighted by Crippen LogP contribution is 2.37. The molecule has 0 aromatic heterocycles. The number of nitrogens with one attached hydrogen (secondary N) is 1. The van der Waals surface area contributed by atoms with Crippen LogP contribution >= 0.6 is 0 Å². The maximum Gasteiger partial charge on any atom is 0.308 e. The lowest BCUT2D eigenvalue weighted by Gasteiger charge is -2.24. The molecular formula is C23H23NO4. The van der Waals surface area contributed by atoms with Gasteiger partial charge < -0.3 is 14.8 Å². The molecule has 0 aliphatic heterocycles. The van der Waals surface area contributed by atoms with Gasteiger partial charge >= 0.3 is 5.97 Å². The quantitative estimate of drug-likeness (QED) is 0.511. The van der Waals surface area contributed by atoms with E-state index >= 15 is 0 Å². The molecule has 0 aliphatic rings. The number of benzene rings is 3. The van der Waals surface area contributed by atoms with Crippen molar-refractivity contribution >= 4 is 22.6 Å². The zero-order valence-electron chi connectivity index (χ0n) is 16.2.